The lowest BCUT2D eigenvalue weighted by molar-refractivity contribution is 1.38. The van der Waals surface area contributed by atoms with E-state index < -0.39 is 0 Å². The van der Waals surface area contributed by atoms with Crippen molar-refractivity contribution in [3.63, 3.8) is 0 Å². The van der Waals surface area contributed by atoms with Crippen LogP contribution < -0.4 is 0 Å². The van der Waals surface area contributed by atoms with Crippen LogP contribution in [-0.2, 0) is 0 Å². The van der Waals surface area contributed by atoms with Gasteiger partial charge in [-0.3, -0.25) is 4.99 Å². The van der Waals surface area contributed by atoms with Gasteiger partial charge < -0.3 is 0 Å². The molecule has 86 valence electrons. The normalized spacial score (nSPS) is 11.6. The highest BCUT2D eigenvalue weighted by Crippen LogP contribution is 2.18. The number of rotatable bonds is 2. The molecule has 2 aromatic carbocycles. The number of aryl methyl sites for hydroxylation is 2. The van der Waals surface area contributed by atoms with Crippen LogP contribution in [0.5, 0.6) is 0 Å². The second kappa shape index (κ2) is 4.96. The van der Waals surface area contributed by atoms with Gasteiger partial charge >= 0.3 is 0 Å². The Kier molecular flexibility index (Phi) is 3.38. The van der Waals surface area contributed by atoms with Crippen LogP contribution in [0.3, 0.4) is 0 Å². The van der Waals surface area contributed by atoms with Crippen LogP contribution in [0.1, 0.15) is 23.6 Å². The van der Waals surface area contributed by atoms with Gasteiger partial charge in [-0.05, 0) is 38.0 Å². The molecule has 0 aliphatic carbocycles. The van der Waals surface area contributed by atoms with Crippen LogP contribution in [0.4, 0.5) is 5.69 Å². The summed E-state index contributed by atoms with van der Waals surface area (Å²) in [6, 6.07) is 16.7. The maximum Gasteiger partial charge on any atom is 0.0662 e. The van der Waals surface area contributed by atoms with Crippen LogP contribution >= 0.6 is 0 Å². The molecule has 0 atom stereocenters. The van der Waals surface area contributed by atoms with Crippen LogP contribution in [0.2, 0.25) is 0 Å². The van der Waals surface area contributed by atoms with E-state index in [4.69, 9.17) is 0 Å². The first-order valence-electron chi connectivity index (χ1n) is 5.85. The van der Waals surface area contributed by atoms with Gasteiger partial charge in [0.2, 0.25) is 0 Å². The van der Waals surface area contributed by atoms with Crippen molar-refractivity contribution in [2.75, 3.05) is 0 Å². The lowest BCUT2D eigenvalue weighted by atomic mass is 10.1. The third kappa shape index (κ3) is 2.82. The summed E-state index contributed by atoms with van der Waals surface area (Å²) in [6.07, 6.45) is 0. The maximum absolute atomic E-state index is 4.68. The molecule has 0 aliphatic rings. The van der Waals surface area contributed by atoms with E-state index in [0.29, 0.717) is 0 Å². The fourth-order valence-corrected chi connectivity index (χ4v) is 1.73. The minimum absolute atomic E-state index is 1.05. The summed E-state index contributed by atoms with van der Waals surface area (Å²) in [5.74, 6) is 0. The first-order valence-corrected chi connectivity index (χ1v) is 5.85. The zero-order chi connectivity index (χ0) is 12.3. The second-order valence-electron chi connectivity index (χ2n) is 4.35. The molecule has 0 spiro atoms. The lowest BCUT2D eigenvalue weighted by Gasteiger charge is -2.04. The fourth-order valence-electron chi connectivity index (χ4n) is 1.73. The third-order valence-electron chi connectivity index (χ3n) is 2.87. The van der Waals surface area contributed by atoms with Crippen molar-refractivity contribution < 1.29 is 0 Å². The average molecular weight is 223 g/mol. The zero-order valence-electron chi connectivity index (χ0n) is 10.6. The standard InChI is InChI=1S/C16H17N/c1-12-8-10-15(11-9-12)14(3)17-16-7-5-4-6-13(16)2/h4-11H,1-3H3. The highest BCUT2D eigenvalue weighted by molar-refractivity contribution is 6.00. The molecule has 2 aromatic rings. The van der Waals surface area contributed by atoms with Gasteiger partial charge in [0.1, 0.15) is 0 Å². The van der Waals surface area contributed by atoms with Crippen molar-refractivity contribution in [3.8, 4) is 0 Å². The number of benzene rings is 2. The first kappa shape index (κ1) is 11.6. The molecule has 0 amide bonds. The summed E-state index contributed by atoms with van der Waals surface area (Å²) < 4.78 is 0. The molecule has 0 fully saturated rings. The molecule has 0 saturated heterocycles. The van der Waals surface area contributed by atoms with Crippen LogP contribution in [-0.4, -0.2) is 5.71 Å². The van der Waals surface area contributed by atoms with Crippen molar-refractivity contribution in [3.05, 3.63) is 65.2 Å². The molecule has 0 radical (unpaired) electrons. The van der Waals surface area contributed by atoms with Crippen LogP contribution in [0, 0.1) is 13.8 Å². The molecule has 0 saturated carbocycles. The highest BCUT2D eigenvalue weighted by atomic mass is 14.7. The molecule has 2 rings (SSSR count). The Hall–Kier alpha value is -1.89. The van der Waals surface area contributed by atoms with E-state index in [1.807, 2.05) is 18.2 Å². The number of nitrogens with zero attached hydrogens (tertiary/aromatic N) is 1. The summed E-state index contributed by atoms with van der Waals surface area (Å²) in [5.41, 5.74) is 5.76. The minimum Gasteiger partial charge on any atom is -0.253 e. The molecular weight excluding hydrogens is 206 g/mol. The van der Waals surface area contributed by atoms with Crippen molar-refractivity contribution >= 4 is 11.4 Å². The molecule has 0 aromatic heterocycles. The molecule has 1 heteroatoms. The minimum atomic E-state index is 1.05. The monoisotopic (exact) mass is 223 g/mol. The molecule has 0 unspecified atom stereocenters. The zero-order valence-corrected chi connectivity index (χ0v) is 10.6. The lowest BCUT2D eigenvalue weighted by Crippen LogP contribution is -1.93. The van der Waals surface area contributed by atoms with E-state index in [0.717, 1.165) is 11.4 Å². The number of hydrogen-bond donors (Lipinski definition) is 0. The van der Waals surface area contributed by atoms with Gasteiger partial charge in [0.25, 0.3) is 0 Å². The Balaban J connectivity index is 2.34. The largest absolute Gasteiger partial charge is 0.253 e. The summed E-state index contributed by atoms with van der Waals surface area (Å²) in [4.78, 5) is 4.68. The number of hydrogen-bond acceptors (Lipinski definition) is 1. The maximum atomic E-state index is 4.68. The first-order chi connectivity index (χ1) is 8.16. The average Bonchev–Trinajstić information content (AvgIpc) is 2.33. The third-order valence-corrected chi connectivity index (χ3v) is 2.87. The van der Waals surface area contributed by atoms with E-state index >= 15 is 0 Å². The summed E-state index contributed by atoms with van der Waals surface area (Å²) >= 11 is 0. The SMILES string of the molecule is CC(=Nc1ccccc1C)c1ccc(C)cc1. The van der Waals surface area contributed by atoms with Crippen molar-refractivity contribution in [2.24, 2.45) is 4.99 Å². The second-order valence-corrected chi connectivity index (χ2v) is 4.35. The molecule has 17 heavy (non-hydrogen) atoms. The predicted octanol–water partition coefficient (Wildman–Crippen LogP) is 4.44. The molecule has 0 bridgehead atoms. The molecule has 1 nitrogen and oxygen atoms in total. The molecule has 0 aliphatic heterocycles. The van der Waals surface area contributed by atoms with E-state index in [1.54, 1.807) is 0 Å². The Labute approximate surface area is 103 Å². The van der Waals surface area contributed by atoms with Gasteiger partial charge in [-0.1, -0.05) is 48.0 Å². The smallest absolute Gasteiger partial charge is 0.0662 e. The van der Waals surface area contributed by atoms with Gasteiger partial charge in [0.05, 0.1) is 5.69 Å². The predicted molar refractivity (Wildman–Crippen MR) is 74.2 cm³/mol. The van der Waals surface area contributed by atoms with Gasteiger partial charge in [-0.25, -0.2) is 0 Å². The fraction of sp³-hybridized carbons (Fsp3) is 0.188. The van der Waals surface area contributed by atoms with E-state index in [2.05, 4.69) is 56.1 Å². The van der Waals surface area contributed by atoms with Gasteiger partial charge in [-0.2, -0.15) is 0 Å². The van der Waals surface area contributed by atoms with Crippen LogP contribution in [0.15, 0.2) is 53.5 Å². The van der Waals surface area contributed by atoms with E-state index in [-0.39, 0.29) is 0 Å². The number of aliphatic imine (C=N–C) groups is 1. The Morgan fingerprint density at radius 3 is 2.18 bits per heavy atom. The Morgan fingerprint density at radius 1 is 0.882 bits per heavy atom. The van der Waals surface area contributed by atoms with E-state index in [9.17, 15) is 0 Å². The Morgan fingerprint density at radius 2 is 1.53 bits per heavy atom. The quantitative estimate of drug-likeness (QED) is 0.667. The number of para-hydroxylation sites is 1. The Bertz CT molecular complexity index is 536. The van der Waals surface area contributed by atoms with Gasteiger partial charge in [0.15, 0.2) is 0 Å². The van der Waals surface area contributed by atoms with Crippen molar-refractivity contribution in [1.82, 2.24) is 0 Å². The topological polar surface area (TPSA) is 12.4 Å². The van der Waals surface area contributed by atoms with Crippen molar-refractivity contribution in [2.45, 2.75) is 20.8 Å². The van der Waals surface area contributed by atoms with E-state index in [1.165, 1.54) is 16.7 Å². The summed E-state index contributed by atoms with van der Waals surface area (Å²) in [5, 5.41) is 0. The van der Waals surface area contributed by atoms with Crippen molar-refractivity contribution in [1.29, 1.82) is 0 Å². The van der Waals surface area contributed by atoms with Crippen LogP contribution in [0.25, 0.3) is 0 Å². The highest BCUT2D eigenvalue weighted by Gasteiger charge is 1.99. The van der Waals surface area contributed by atoms with Gasteiger partial charge in [-0.15, -0.1) is 0 Å². The molecular formula is C16H17N. The summed E-state index contributed by atoms with van der Waals surface area (Å²) in [6.45, 7) is 6.23. The van der Waals surface area contributed by atoms with Gasteiger partial charge in [0, 0.05) is 5.71 Å². The molecule has 0 heterocycles. The molecule has 0 N–H and O–H groups in total. The summed E-state index contributed by atoms with van der Waals surface area (Å²) in [7, 11) is 0.